The fourth-order valence-electron chi connectivity index (χ4n) is 9.20. The number of unbranched alkanes of at least 4 members (excludes halogenated alkanes) is 38. The van der Waals surface area contributed by atoms with Crippen molar-refractivity contribution in [1.82, 2.24) is 0 Å². The molecule has 6 atom stereocenters. The van der Waals surface area contributed by atoms with E-state index < -0.39 is 43.4 Å². The van der Waals surface area contributed by atoms with Gasteiger partial charge < -0.3 is 39.4 Å². The molecule has 0 aromatic heterocycles. The average molecular weight is 939 g/mol. The number of esters is 1. The van der Waals surface area contributed by atoms with E-state index in [1.165, 1.54) is 231 Å². The van der Waals surface area contributed by atoms with Crippen molar-refractivity contribution >= 4 is 5.97 Å². The standard InChI is InChI=1S/C57H110O9/c1-3-5-7-9-11-13-15-17-19-21-23-24-25-26-27-28-30-32-34-36-38-40-42-44-46-53(59)65-51(50-64-57-56(62)55(61)54(60)52(48-58)66-57)49-63-47-45-43-41-39-37-35-33-31-29-22-20-18-16-14-12-10-8-6-4-2/h20,22,51-52,54-58,60-62H,3-19,21,23-50H2,1-2H3/b22-20-. The lowest BCUT2D eigenvalue weighted by Crippen LogP contribution is -2.59. The molecule has 9 heteroatoms. The maximum Gasteiger partial charge on any atom is 0.306 e. The number of carbonyl (C=O) groups is 1. The van der Waals surface area contributed by atoms with Gasteiger partial charge in [0.05, 0.1) is 19.8 Å². The van der Waals surface area contributed by atoms with Gasteiger partial charge in [0.1, 0.15) is 30.5 Å². The number of aliphatic hydroxyl groups excluding tert-OH is 4. The van der Waals surface area contributed by atoms with Crippen LogP contribution in [0.25, 0.3) is 0 Å². The van der Waals surface area contributed by atoms with Crippen LogP contribution in [-0.2, 0) is 23.7 Å². The summed E-state index contributed by atoms with van der Waals surface area (Å²) in [6.45, 7) is 4.62. The molecule has 1 aliphatic heterocycles. The molecule has 0 bridgehead atoms. The number of carbonyl (C=O) groups excluding carboxylic acids is 1. The SMILES string of the molecule is CCCCCCCCC/C=C\CCCCCCCCCCOCC(COC1OC(CO)C(O)C(O)C1O)OC(=O)CCCCCCCCCCCCCCCCCCCCCCCCCC. The van der Waals surface area contributed by atoms with Crippen LogP contribution >= 0.6 is 0 Å². The van der Waals surface area contributed by atoms with Gasteiger partial charge >= 0.3 is 5.97 Å². The van der Waals surface area contributed by atoms with Crippen LogP contribution in [0.1, 0.15) is 284 Å². The molecule has 392 valence electrons. The third kappa shape index (κ3) is 38.7. The fourth-order valence-corrected chi connectivity index (χ4v) is 9.20. The largest absolute Gasteiger partial charge is 0.457 e. The van der Waals surface area contributed by atoms with Crippen LogP contribution in [-0.4, -0.2) is 89.6 Å². The highest BCUT2D eigenvalue weighted by atomic mass is 16.7. The number of allylic oxidation sites excluding steroid dienone is 2. The molecule has 0 amide bonds. The van der Waals surface area contributed by atoms with Crippen molar-refractivity contribution in [2.75, 3.05) is 26.4 Å². The van der Waals surface area contributed by atoms with Crippen LogP contribution in [0.2, 0.25) is 0 Å². The first-order valence-corrected chi connectivity index (χ1v) is 28.8. The Morgan fingerprint density at radius 1 is 0.470 bits per heavy atom. The highest BCUT2D eigenvalue weighted by Crippen LogP contribution is 2.23. The third-order valence-corrected chi connectivity index (χ3v) is 13.7. The molecular formula is C57H110O9. The van der Waals surface area contributed by atoms with E-state index >= 15 is 0 Å². The van der Waals surface area contributed by atoms with Crippen molar-refractivity contribution in [3.8, 4) is 0 Å². The Balaban J connectivity index is 2.13. The predicted octanol–water partition coefficient (Wildman–Crippen LogP) is 14.7. The highest BCUT2D eigenvalue weighted by Gasteiger charge is 2.44. The molecule has 1 aliphatic rings. The van der Waals surface area contributed by atoms with Gasteiger partial charge in [0.2, 0.25) is 0 Å². The van der Waals surface area contributed by atoms with E-state index in [4.69, 9.17) is 18.9 Å². The minimum atomic E-state index is -1.53. The molecule has 1 saturated heterocycles. The second-order valence-electron chi connectivity index (χ2n) is 20.1. The Labute approximate surface area is 407 Å². The molecule has 0 aromatic carbocycles. The number of rotatable bonds is 51. The molecule has 0 aromatic rings. The lowest BCUT2D eigenvalue weighted by atomic mass is 9.99. The second-order valence-corrected chi connectivity index (χ2v) is 20.1. The summed E-state index contributed by atoms with van der Waals surface area (Å²) in [6, 6.07) is 0. The maximum absolute atomic E-state index is 12.9. The van der Waals surface area contributed by atoms with Crippen molar-refractivity contribution in [1.29, 1.82) is 0 Å². The molecule has 6 unspecified atom stereocenters. The Morgan fingerprint density at radius 2 is 0.833 bits per heavy atom. The van der Waals surface area contributed by atoms with E-state index in [1.807, 2.05) is 0 Å². The molecule has 0 radical (unpaired) electrons. The lowest BCUT2D eigenvalue weighted by molar-refractivity contribution is -0.305. The maximum atomic E-state index is 12.9. The monoisotopic (exact) mass is 939 g/mol. The molecule has 9 nitrogen and oxygen atoms in total. The van der Waals surface area contributed by atoms with Crippen molar-refractivity contribution in [3.05, 3.63) is 12.2 Å². The van der Waals surface area contributed by atoms with Crippen molar-refractivity contribution in [2.24, 2.45) is 0 Å². The van der Waals surface area contributed by atoms with Crippen molar-refractivity contribution < 1.29 is 44.2 Å². The van der Waals surface area contributed by atoms with Crippen molar-refractivity contribution in [2.45, 2.75) is 320 Å². The van der Waals surface area contributed by atoms with Gasteiger partial charge in [-0.2, -0.15) is 0 Å². The summed E-state index contributed by atoms with van der Waals surface area (Å²) in [5, 5.41) is 40.3. The summed E-state index contributed by atoms with van der Waals surface area (Å²) < 4.78 is 23.0. The first-order chi connectivity index (χ1) is 32.4. The molecule has 1 fully saturated rings. The zero-order valence-corrected chi connectivity index (χ0v) is 43.5. The zero-order chi connectivity index (χ0) is 47.8. The summed E-state index contributed by atoms with van der Waals surface area (Å²) in [6.07, 6.45) is 51.2. The predicted molar refractivity (Wildman–Crippen MR) is 275 cm³/mol. The Bertz CT molecular complexity index is 1020. The molecule has 66 heavy (non-hydrogen) atoms. The normalized spacial score (nSPS) is 19.3. The first-order valence-electron chi connectivity index (χ1n) is 28.8. The summed E-state index contributed by atoms with van der Waals surface area (Å²) in [4.78, 5) is 12.9. The zero-order valence-electron chi connectivity index (χ0n) is 43.5. The van der Waals surface area contributed by atoms with Gasteiger partial charge in [-0.1, -0.05) is 251 Å². The van der Waals surface area contributed by atoms with Gasteiger partial charge in [-0.05, 0) is 38.5 Å². The van der Waals surface area contributed by atoms with Gasteiger partial charge in [-0.3, -0.25) is 4.79 Å². The molecule has 0 saturated carbocycles. The van der Waals surface area contributed by atoms with Crippen LogP contribution in [0.3, 0.4) is 0 Å². The van der Waals surface area contributed by atoms with Gasteiger partial charge in [0.15, 0.2) is 6.29 Å². The Kier molecular flexibility index (Phi) is 46.7. The number of ether oxygens (including phenoxy) is 4. The van der Waals surface area contributed by atoms with Gasteiger partial charge in [-0.25, -0.2) is 0 Å². The van der Waals surface area contributed by atoms with E-state index in [-0.39, 0.29) is 19.2 Å². The molecule has 1 rings (SSSR count). The molecule has 0 aliphatic carbocycles. The quantitative estimate of drug-likeness (QED) is 0.0267. The minimum absolute atomic E-state index is 0.108. The van der Waals surface area contributed by atoms with E-state index in [0.717, 1.165) is 32.1 Å². The lowest BCUT2D eigenvalue weighted by Gasteiger charge is -2.39. The smallest absolute Gasteiger partial charge is 0.306 e. The Hall–Kier alpha value is -1.07. The fraction of sp³-hybridized carbons (Fsp3) is 0.947. The van der Waals surface area contributed by atoms with Gasteiger partial charge in [0, 0.05) is 13.0 Å². The summed E-state index contributed by atoms with van der Waals surface area (Å²) in [5.74, 6) is -0.306. The third-order valence-electron chi connectivity index (χ3n) is 13.7. The molecular weight excluding hydrogens is 829 g/mol. The van der Waals surface area contributed by atoms with Crippen LogP contribution in [0, 0.1) is 0 Å². The molecule has 1 heterocycles. The molecule has 0 spiro atoms. The van der Waals surface area contributed by atoms with Crippen LogP contribution in [0.15, 0.2) is 12.2 Å². The van der Waals surface area contributed by atoms with Crippen molar-refractivity contribution in [3.63, 3.8) is 0 Å². The Morgan fingerprint density at radius 3 is 1.23 bits per heavy atom. The average Bonchev–Trinajstić information content (AvgIpc) is 3.32. The minimum Gasteiger partial charge on any atom is -0.457 e. The van der Waals surface area contributed by atoms with Gasteiger partial charge in [-0.15, -0.1) is 0 Å². The molecule has 4 N–H and O–H groups in total. The van der Waals surface area contributed by atoms with Crippen LogP contribution < -0.4 is 0 Å². The van der Waals surface area contributed by atoms with E-state index in [1.54, 1.807) is 0 Å². The van der Waals surface area contributed by atoms with Gasteiger partial charge in [0.25, 0.3) is 0 Å². The highest BCUT2D eigenvalue weighted by molar-refractivity contribution is 5.69. The summed E-state index contributed by atoms with van der Waals surface area (Å²) in [5.41, 5.74) is 0. The van der Waals surface area contributed by atoms with E-state index in [2.05, 4.69) is 26.0 Å². The summed E-state index contributed by atoms with van der Waals surface area (Å²) in [7, 11) is 0. The summed E-state index contributed by atoms with van der Waals surface area (Å²) >= 11 is 0. The number of hydrogen-bond donors (Lipinski definition) is 4. The topological polar surface area (TPSA) is 135 Å². The first kappa shape index (κ1) is 62.9. The van der Waals surface area contributed by atoms with Crippen LogP contribution in [0.5, 0.6) is 0 Å². The number of hydrogen-bond acceptors (Lipinski definition) is 9. The van der Waals surface area contributed by atoms with Crippen LogP contribution in [0.4, 0.5) is 0 Å². The number of aliphatic hydroxyl groups is 4. The van der Waals surface area contributed by atoms with E-state index in [9.17, 15) is 25.2 Å². The second kappa shape index (κ2) is 48.9. The van der Waals surface area contributed by atoms with E-state index in [0.29, 0.717) is 13.0 Å².